The Balaban J connectivity index is 2.07. The fourth-order valence-electron chi connectivity index (χ4n) is 4.24. The van der Waals surface area contributed by atoms with Crippen LogP contribution in [0.15, 0.2) is 77.7 Å². The van der Waals surface area contributed by atoms with Crippen molar-refractivity contribution in [2.24, 2.45) is 0 Å². The molecule has 0 saturated heterocycles. The first kappa shape index (κ1) is 30.2. The Labute approximate surface area is 236 Å². The number of carbonyl (C=O) groups excluding carboxylic acids is 2. The highest BCUT2D eigenvalue weighted by Gasteiger charge is 2.33. The van der Waals surface area contributed by atoms with Crippen molar-refractivity contribution in [3.05, 3.63) is 94.5 Å². The Morgan fingerprint density at radius 2 is 1.59 bits per heavy atom. The molecule has 39 heavy (non-hydrogen) atoms. The fourth-order valence-corrected chi connectivity index (χ4v) is 5.84. The number of anilines is 1. The van der Waals surface area contributed by atoms with Gasteiger partial charge in [0.05, 0.1) is 10.6 Å². The highest BCUT2D eigenvalue weighted by molar-refractivity contribution is 7.92. The molecule has 9 heteroatoms. The van der Waals surface area contributed by atoms with Crippen LogP contribution in [0.2, 0.25) is 5.02 Å². The van der Waals surface area contributed by atoms with Crippen molar-refractivity contribution < 1.29 is 18.0 Å². The molecule has 0 saturated carbocycles. The molecule has 0 bridgehead atoms. The highest BCUT2D eigenvalue weighted by Crippen LogP contribution is 2.28. The van der Waals surface area contributed by atoms with Gasteiger partial charge in [0.15, 0.2) is 0 Å². The molecule has 208 valence electrons. The molecule has 7 nitrogen and oxygen atoms in total. The molecule has 1 atom stereocenters. The molecule has 0 aliphatic carbocycles. The van der Waals surface area contributed by atoms with E-state index in [1.54, 1.807) is 36.4 Å². The maximum Gasteiger partial charge on any atom is 0.264 e. The van der Waals surface area contributed by atoms with E-state index < -0.39 is 28.5 Å². The monoisotopic (exact) mass is 569 g/mol. The van der Waals surface area contributed by atoms with Crippen LogP contribution in [0.3, 0.4) is 0 Å². The molecule has 3 aromatic rings. The van der Waals surface area contributed by atoms with E-state index in [2.05, 4.69) is 5.32 Å². The number of nitrogens with zero attached hydrogens (tertiary/aromatic N) is 2. The van der Waals surface area contributed by atoms with E-state index in [0.29, 0.717) is 18.0 Å². The average Bonchev–Trinajstić information content (AvgIpc) is 2.93. The zero-order valence-corrected chi connectivity index (χ0v) is 24.4. The van der Waals surface area contributed by atoms with Gasteiger partial charge in [0.1, 0.15) is 12.6 Å². The van der Waals surface area contributed by atoms with Gasteiger partial charge < -0.3 is 10.2 Å². The van der Waals surface area contributed by atoms with Crippen LogP contribution in [0.1, 0.15) is 43.4 Å². The Morgan fingerprint density at radius 1 is 0.923 bits per heavy atom. The quantitative estimate of drug-likeness (QED) is 0.313. The third-order valence-electron chi connectivity index (χ3n) is 6.59. The molecule has 0 heterocycles. The van der Waals surface area contributed by atoms with Crippen molar-refractivity contribution in [1.29, 1.82) is 0 Å². The van der Waals surface area contributed by atoms with Crippen molar-refractivity contribution in [1.82, 2.24) is 10.2 Å². The van der Waals surface area contributed by atoms with E-state index >= 15 is 0 Å². The van der Waals surface area contributed by atoms with Crippen LogP contribution < -0.4 is 9.62 Å². The Bertz CT molecular complexity index is 1400. The number of amides is 2. The van der Waals surface area contributed by atoms with E-state index in [4.69, 9.17) is 11.6 Å². The maximum atomic E-state index is 14.1. The van der Waals surface area contributed by atoms with E-state index in [1.165, 1.54) is 17.0 Å². The number of nitrogens with one attached hydrogen (secondary N) is 1. The predicted octanol–water partition coefficient (Wildman–Crippen LogP) is 5.49. The van der Waals surface area contributed by atoms with Crippen LogP contribution in [-0.4, -0.2) is 44.3 Å². The van der Waals surface area contributed by atoms with Gasteiger partial charge in [-0.05, 0) is 67.6 Å². The molecular weight excluding hydrogens is 534 g/mol. The summed E-state index contributed by atoms with van der Waals surface area (Å²) in [6.07, 6.45) is 1.13. The van der Waals surface area contributed by atoms with E-state index in [-0.39, 0.29) is 23.0 Å². The van der Waals surface area contributed by atoms with Crippen LogP contribution in [0.5, 0.6) is 0 Å². The molecular formula is C30H36ClN3O4S. The topological polar surface area (TPSA) is 86.8 Å². The molecule has 0 radical (unpaired) electrons. The van der Waals surface area contributed by atoms with Crippen LogP contribution in [-0.2, 0) is 26.2 Å². The van der Waals surface area contributed by atoms with Gasteiger partial charge in [0.25, 0.3) is 10.0 Å². The number of hydrogen-bond acceptors (Lipinski definition) is 4. The second-order valence-corrected chi connectivity index (χ2v) is 11.7. The van der Waals surface area contributed by atoms with Gasteiger partial charge in [-0.2, -0.15) is 0 Å². The standard InChI is InChI=1S/C30H36ClN3O4S/c1-5-18-32-30(36)28(6-2)33(20-24-13-11-10-12-22(24)3)29(35)21-34(25-17-16-23(4)27(31)19-25)39(37,38)26-14-8-7-9-15-26/h7-17,19,28H,5-6,18,20-21H2,1-4H3,(H,32,36). The summed E-state index contributed by atoms with van der Waals surface area (Å²) < 4.78 is 28.8. The maximum absolute atomic E-state index is 14.1. The van der Waals surface area contributed by atoms with Gasteiger partial charge in [-0.1, -0.05) is 74.0 Å². The lowest BCUT2D eigenvalue weighted by Gasteiger charge is -2.33. The van der Waals surface area contributed by atoms with Crippen molar-refractivity contribution in [2.75, 3.05) is 17.4 Å². The summed E-state index contributed by atoms with van der Waals surface area (Å²) in [6.45, 7) is 7.70. The summed E-state index contributed by atoms with van der Waals surface area (Å²) in [5, 5.41) is 3.28. The minimum Gasteiger partial charge on any atom is -0.354 e. The molecule has 0 aromatic heterocycles. The molecule has 0 aliphatic heterocycles. The normalized spacial score (nSPS) is 12.0. The summed E-state index contributed by atoms with van der Waals surface area (Å²) in [6, 6.07) is 19.7. The smallest absolute Gasteiger partial charge is 0.264 e. The second kappa shape index (κ2) is 13.6. The third kappa shape index (κ3) is 7.40. The largest absolute Gasteiger partial charge is 0.354 e. The van der Waals surface area contributed by atoms with Crippen LogP contribution in [0.4, 0.5) is 5.69 Å². The molecule has 3 rings (SSSR count). The van der Waals surface area contributed by atoms with Crippen molar-refractivity contribution in [2.45, 2.75) is 58.0 Å². The van der Waals surface area contributed by atoms with Gasteiger partial charge in [-0.3, -0.25) is 13.9 Å². The summed E-state index contributed by atoms with van der Waals surface area (Å²) in [7, 11) is -4.13. The minimum atomic E-state index is -4.13. The van der Waals surface area contributed by atoms with Gasteiger partial charge in [-0.25, -0.2) is 8.42 Å². The summed E-state index contributed by atoms with van der Waals surface area (Å²) in [5.74, 6) is -0.759. The number of hydrogen-bond donors (Lipinski definition) is 1. The van der Waals surface area contributed by atoms with Gasteiger partial charge >= 0.3 is 0 Å². The lowest BCUT2D eigenvalue weighted by atomic mass is 10.1. The Hall–Kier alpha value is -3.36. The van der Waals surface area contributed by atoms with E-state index in [0.717, 1.165) is 27.4 Å². The average molecular weight is 570 g/mol. The second-order valence-electron chi connectivity index (χ2n) is 9.42. The lowest BCUT2D eigenvalue weighted by Crippen LogP contribution is -2.52. The van der Waals surface area contributed by atoms with Crippen molar-refractivity contribution >= 4 is 39.1 Å². The van der Waals surface area contributed by atoms with Gasteiger partial charge in [0, 0.05) is 18.1 Å². The molecule has 1 N–H and O–H groups in total. The number of aryl methyl sites for hydroxylation is 2. The number of halogens is 1. The van der Waals surface area contributed by atoms with Gasteiger partial charge in [0.2, 0.25) is 11.8 Å². The summed E-state index contributed by atoms with van der Waals surface area (Å²) in [5.41, 5.74) is 2.90. The molecule has 1 unspecified atom stereocenters. The predicted molar refractivity (Wildman–Crippen MR) is 156 cm³/mol. The first-order valence-electron chi connectivity index (χ1n) is 13.1. The van der Waals surface area contributed by atoms with Gasteiger partial charge in [-0.15, -0.1) is 0 Å². The highest BCUT2D eigenvalue weighted by atomic mass is 35.5. The van der Waals surface area contributed by atoms with Crippen LogP contribution in [0, 0.1) is 13.8 Å². The van der Waals surface area contributed by atoms with E-state index in [9.17, 15) is 18.0 Å². The molecule has 0 aliphatic rings. The molecule has 3 aromatic carbocycles. The minimum absolute atomic E-state index is 0.0488. The Kier molecular flexibility index (Phi) is 10.5. The number of carbonyl (C=O) groups is 2. The number of rotatable bonds is 12. The van der Waals surface area contributed by atoms with Crippen LogP contribution >= 0.6 is 11.6 Å². The molecule has 0 fully saturated rings. The molecule has 0 spiro atoms. The lowest BCUT2D eigenvalue weighted by molar-refractivity contribution is -0.140. The SMILES string of the molecule is CCCNC(=O)C(CC)N(Cc1ccccc1C)C(=O)CN(c1ccc(C)c(Cl)c1)S(=O)(=O)c1ccccc1. The Morgan fingerprint density at radius 3 is 2.21 bits per heavy atom. The number of sulfonamides is 1. The third-order valence-corrected chi connectivity index (χ3v) is 8.79. The number of benzene rings is 3. The van der Waals surface area contributed by atoms with E-state index in [1.807, 2.05) is 52.0 Å². The summed E-state index contributed by atoms with van der Waals surface area (Å²) >= 11 is 6.37. The summed E-state index contributed by atoms with van der Waals surface area (Å²) in [4.78, 5) is 28.7. The van der Waals surface area contributed by atoms with Crippen LogP contribution in [0.25, 0.3) is 0 Å². The van der Waals surface area contributed by atoms with Crippen molar-refractivity contribution in [3.8, 4) is 0 Å². The first-order valence-corrected chi connectivity index (χ1v) is 14.9. The fraction of sp³-hybridized carbons (Fsp3) is 0.333. The zero-order valence-electron chi connectivity index (χ0n) is 22.9. The van der Waals surface area contributed by atoms with Crippen molar-refractivity contribution in [3.63, 3.8) is 0 Å². The first-order chi connectivity index (χ1) is 18.6. The zero-order chi connectivity index (χ0) is 28.6. The molecule has 2 amide bonds.